The van der Waals surface area contributed by atoms with Gasteiger partial charge in [0.25, 0.3) is 0 Å². The molecule has 1 unspecified atom stereocenters. The van der Waals surface area contributed by atoms with E-state index in [1.165, 1.54) is 5.56 Å². The summed E-state index contributed by atoms with van der Waals surface area (Å²) in [5.74, 6) is 1.69. The summed E-state index contributed by atoms with van der Waals surface area (Å²) in [5.41, 5.74) is 0.737. The first-order valence-corrected chi connectivity index (χ1v) is 7.36. The Morgan fingerprint density at radius 3 is 2.75 bits per heavy atom. The quantitative estimate of drug-likeness (QED) is 0.769. The predicted octanol–water partition coefficient (Wildman–Crippen LogP) is 3.85. The monoisotopic (exact) mass is 276 g/mol. The van der Waals surface area contributed by atoms with Crippen molar-refractivity contribution in [3.63, 3.8) is 0 Å². The van der Waals surface area contributed by atoms with Gasteiger partial charge in [0, 0.05) is 0 Å². The van der Waals surface area contributed by atoms with Crippen LogP contribution >= 0.6 is 0 Å². The van der Waals surface area contributed by atoms with Crippen LogP contribution in [-0.2, 0) is 6.42 Å². The molecule has 3 heteroatoms. The third kappa shape index (κ3) is 4.27. The van der Waals surface area contributed by atoms with Crippen molar-refractivity contribution in [3.8, 4) is 11.5 Å². The van der Waals surface area contributed by atoms with Crippen LogP contribution < -0.4 is 9.47 Å². The first-order chi connectivity index (χ1) is 9.61. The lowest BCUT2D eigenvalue weighted by Crippen LogP contribution is -2.21. The van der Waals surface area contributed by atoms with Gasteiger partial charge in [-0.3, -0.25) is 0 Å². The van der Waals surface area contributed by atoms with Crippen molar-refractivity contribution in [2.75, 3.05) is 6.79 Å². The molecule has 0 saturated carbocycles. The van der Waals surface area contributed by atoms with Crippen molar-refractivity contribution in [2.45, 2.75) is 51.6 Å². The highest BCUT2D eigenvalue weighted by molar-refractivity contribution is 5.44. The largest absolute Gasteiger partial charge is 0.454 e. The lowest BCUT2D eigenvalue weighted by molar-refractivity contribution is 0.0480. The number of fused-ring (bicyclic) bond motifs is 1. The molecule has 0 spiro atoms. The first kappa shape index (κ1) is 14.9. The maximum Gasteiger partial charge on any atom is 0.231 e. The highest BCUT2D eigenvalue weighted by Gasteiger charge is 2.15. The van der Waals surface area contributed by atoms with Crippen LogP contribution in [0.15, 0.2) is 30.4 Å². The Morgan fingerprint density at radius 1 is 1.20 bits per heavy atom. The van der Waals surface area contributed by atoms with E-state index in [1.54, 1.807) is 0 Å². The standard InChI is InChI=1S/C17H24O3/c1-3-17(2,18)11-7-5-4-6-8-14-9-10-15-16(12-14)20-13-19-15/h4-5,9-10,12,18H,3,6-8,11,13H2,1-2H3/b5-4+. The molecule has 0 bridgehead atoms. The van der Waals surface area contributed by atoms with E-state index < -0.39 is 5.60 Å². The molecule has 0 radical (unpaired) electrons. The Labute approximate surface area is 121 Å². The molecule has 0 saturated heterocycles. The minimum Gasteiger partial charge on any atom is -0.454 e. The van der Waals surface area contributed by atoms with E-state index in [1.807, 2.05) is 19.9 Å². The van der Waals surface area contributed by atoms with Crippen LogP contribution in [0.1, 0.15) is 45.1 Å². The summed E-state index contributed by atoms with van der Waals surface area (Å²) < 4.78 is 10.7. The summed E-state index contributed by atoms with van der Waals surface area (Å²) in [4.78, 5) is 0. The average Bonchev–Trinajstić information content (AvgIpc) is 2.90. The molecule has 0 aromatic heterocycles. The second kappa shape index (κ2) is 6.80. The van der Waals surface area contributed by atoms with Gasteiger partial charge >= 0.3 is 0 Å². The molecule has 1 aliphatic heterocycles. The number of hydrogen-bond donors (Lipinski definition) is 1. The minimum absolute atomic E-state index is 0.329. The summed E-state index contributed by atoms with van der Waals surface area (Å²) >= 11 is 0. The fraction of sp³-hybridized carbons (Fsp3) is 0.529. The lowest BCUT2D eigenvalue weighted by atomic mass is 9.97. The molecule has 1 heterocycles. The van der Waals surface area contributed by atoms with E-state index in [0.29, 0.717) is 6.79 Å². The van der Waals surface area contributed by atoms with Crippen LogP contribution in [0.3, 0.4) is 0 Å². The molecule has 110 valence electrons. The van der Waals surface area contributed by atoms with Crippen molar-refractivity contribution >= 4 is 0 Å². The molecule has 3 nitrogen and oxygen atoms in total. The van der Waals surface area contributed by atoms with E-state index in [2.05, 4.69) is 24.3 Å². The summed E-state index contributed by atoms with van der Waals surface area (Å²) in [6.07, 6.45) is 8.92. The third-order valence-corrected chi connectivity index (χ3v) is 3.81. The first-order valence-electron chi connectivity index (χ1n) is 7.36. The van der Waals surface area contributed by atoms with Crippen LogP contribution in [0.2, 0.25) is 0 Å². The third-order valence-electron chi connectivity index (χ3n) is 3.81. The van der Waals surface area contributed by atoms with Crippen LogP contribution in [0.25, 0.3) is 0 Å². The van der Waals surface area contributed by atoms with Gasteiger partial charge in [-0.05, 0) is 56.7 Å². The highest BCUT2D eigenvalue weighted by atomic mass is 16.7. The maximum atomic E-state index is 9.89. The van der Waals surface area contributed by atoms with Gasteiger partial charge in [-0.25, -0.2) is 0 Å². The van der Waals surface area contributed by atoms with Gasteiger partial charge in [0.05, 0.1) is 5.60 Å². The maximum absolute atomic E-state index is 9.89. The van der Waals surface area contributed by atoms with Crippen LogP contribution in [0.4, 0.5) is 0 Å². The summed E-state index contributed by atoms with van der Waals surface area (Å²) in [6.45, 7) is 4.24. The normalized spacial score (nSPS) is 16.6. The molecule has 1 N–H and O–H groups in total. The Kier molecular flexibility index (Phi) is 5.07. The average molecular weight is 276 g/mol. The zero-order chi connectivity index (χ0) is 14.4. The zero-order valence-electron chi connectivity index (χ0n) is 12.4. The van der Waals surface area contributed by atoms with Crippen molar-refractivity contribution in [2.24, 2.45) is 0 Å². The Balaban J connectivity index is 1.71. The number of ether oxygens (including phenoxy) is 2. The van der Waals surface area contributed by atoms with Gasteiger partial charge in [-0.1, -0.05) is 25.1 Å². The molecule has 1 atom stereocenters. The minimum atomic E-state index is -0.526. The van der Waals surface area contributed by atoms with E-state index in [-0.39, 0.29) is 0 Å². The number of benzene rings is 1. The second-order valence-electron chi connectivity index (χ2n) is 5.59. The number of rotatable bonds is 7. The topological polar surface area (TPSA) is 38.7 Å². The summed E-state index contributed by atoms with van der Waals surface area (Å²) in [6, 6.07) is 6.11. The molecule has 0 fully saturated rings. The summed E-state index contributed by atoms with van der Waals surface area (Å²) in [7, 11) is 0. The van der Waals surface area contributed by atoms with Crippen molar-refractivity contribution in [3.05, 3.63) is 35.9 Å². The second-order valence-corrected chi connectivity index (χ2v) is 5.59. The van der Waals surface area contributed by atoms with Crippen molar-refractivity contribution in [1.82, 2.24) is 0 Å². The highest BCUT2D eigenvalue weighted by Crippen LogP contribution is 2.32. The number of allylic oxidation sites excluding steroid dienone is 2. The van der Waals surface area contributed by atoms with Crippen molar-refractivity contribution in [1.29, 1.82) is 0 Å². The molecule has 2 rings (SSSR count). The molecule has 1 aromatic rings. The molecular formula is C17H24O3. The van der Waals surface area contributed by atoms with Crippen LogP contribution in [-0.4, -0.2) is 17.5 Å². The van der Waals surface area contributed by atoms with Crippen LogP contribution in [0.5, 0.6) is 11.5 Å². The molecule has 1 aromatic carbocycles. The van der Waals surface area contributed by atoms with E-state index in [0.717, 1.165) is 43.6 Å². The fourth-order valence-electron chi connectivity index (χ4n) is 2.15. The molecular weight excluding hydrogens is 252 g/mol. The Morgan fingerprint density at radius 2 is 1.95 bits per heavy atom. The van der Waals surface area contributed by atoms with Gasteiger partial charge in [0.15, 0.2) is 11.5 Å². The smallest absolute Gasteiger partial charge is 0.231 e. The number of aliphatic hydroxyl groups is 1. The molecule has 20 heavy (non-hydrogen) atoms. The van der Waals surface area contributed by atoms with Gasteiger partial charge in [0.2, 0.25) is 6.79 Å². The van der Waals surface area contributed by atoms with Crippen LogP contribution in [0, 0.1) is 0 Å². The van der Waals surface area contributed by atoms with Gasteiger partial charge in [-0.15, -0.1) is 0 Å². The van der Waals surface area contributed by atoms with Gasteiger partial charge in [0.1, 0.15) is 0 Å². The number of hydrogen-bond acceptors (Lipinski definition) is 3. The molecule has 0 amide bonds. The fourth-order valence-corrected chi connectivity index (χ4v) is 2.15. The lowest BCUT2D eigenvalue weighted by Gasteiger charge is -2.19. The van der Waals surface area contributed by atoms with E-state index in [4.69, 9.17) is 9.47 Å². The molecule has 0 aliphatic carbocycles. The van der Waals surface area contributed by atoms with Gasteiger partial charge in [-0.2, -0.15) is 0 Å². The Bertz CT molecular complexity index is 463. The predicted molar refractivity (Wildman–Crippen MR) is 80.2 cm³/mol. The SMILES string of the molecule is CCC(C)(O)CC/C=C/CCc1ccc2c(c1)OCO2. The zero-order valence-corrected chi connectivity index (χ0v) is 12.4. The van der Waals surface area contributed by atoms with E-state index in [9.17, 15) is 5.11 Å². The van der Waals surface area contributed by atoms with Crippen molar-refractivity contribution < 1.29 is 14.6 Å². The molecule has 1 aliphatic rings. The van der Waals surface area contributed by atoms with E-state index >= 15 is 0 Å². The van der Waals surface area contributed by atoms with Gasteiger partial charge < -0.3 is 14.6 Å². The Hall–Kier alpha value is -1.48. The number of aryl methyl sites for hydroxylation is 1. The summed E-state index contributed by atoms with van der Waals surface area (Å²) in [5, 5.41) is 9.89.